The molecule has 1 saturated carbocycles. The van der Waals surface area contributed by atoms with Crippen LogP contribution in [0.3, 0.4) is 0 Å². The van der Waals surface area contributed by atoms with Gasteiger partial charge in [0.1, 0.15) is 0 Å². The van der Waals surface area contributed by atoms with E-state index in [9.17, 15) is 15.3 Å². The number of ether oxygens (including phenoxy) is 2. The van der Waals surface area contributed by atoms with Gasteiger partial charge in [0.2, 0.25) is 0 Å². The van der Waals surface area contributed by atoms with Crippen LogP contribution in [-0.2, 0) is 9.47 Å². The summed E-state index contributed by atoms with van der Waals surface area (Å²) in [7, 11) is 0. The Morgan fingerprint density at radius 3 is 2.75 bits per heavy atom. The second kappa shape index (κ2) is 4.56. The highest BCUT2D eigenvalue weighted by atomic mass is 16.6. The lowest BCUT2D eigenvalue weighted by molar-refractivity contribution is -0.539. The van der Waals surface area contributed by atoms with Crippen molar-refractivity contribution in [1.29, 1.82) is 0 Å². The average Bonchev–Trinajstić information content (AvgIpc) is 2.18. The maximum absolute atomic E-state index is 11.1. The molecule has 1 aliphatic carbocycles. The van der Waals surface area contributed by atoms with E-state index in [0.29, 0.717) is 6.42 Å². The Morgan fingerprint density at radius 1 is 1.44 bits per heavy atom. The normalized spacial score (nSPS) is 49.3. The number of hydrogen-bond acceptors (Lipinski definition) is 6. The van der Waals surface area contributed by atoms with Gasteiger partial charge in [0.05, 0.1) is 37.1 Å². The Bertz CT molecular complexity index is 245. The number of rotatable bonds is 3. The molecule has 2 aliphatic rings. The van der Waals surface area contributed by atoms with Gasteiger partial charge in [0.25, 0.3) is 0 Å². The summed E-state index contributed by atoms with van der Waals surface area (Å²) >= 11 is 0. The second-order valence-corrected chi connectivity index (χ2v) is 4.56. The van der Waals surface area contributed by atoms with Crippen molar-refractivity contribution in [2.24, 2.45) is 5.92 Å². The minimum absolute atomic E-state index is 0.178. The van der Waals surface area contributed by atoms with E-state index >= 15 is 0 Å². The molecule has 6 heteroatoms. The summed E-state index contributed by atoms with van der Waals surface area (Å²) < 4.78 is 10.4. The van der Waals surface area contributed by atoms with Crippen LogP contribution in [0.4, 0.5) is 0 Å². The standard InChI is InChI=1S/C10H17O6/c1-4(11)3-15-5-2-6-7(5)8(12)9(13)10(14)16-6/h4-13H,2-3H2,1H3/q-1/t4?,5-,6-,7-,8+,9-,10+/m0/s1. The topological polar surface area (TPSA) is 102 Å². The summed E-state index contributed by atoms with van der Waals surface area (Å²) in [6.45, 7) is 1.78. The van der Waals surface area contributed by atoms with Crippen molar-refractivity contribution in [2.75, 3.05) is 6.61 Å². The number of fused-ring (bicyclic) bond motifs is 1. The Labute approximate surface area is 93.4 Å². The summed E-state index contributed by atoms with van der Waals surface area (Å²) in [5, 5.41) is 39.3. The first-order valence-corrected chi connectivity index (χ1v) is 5.47. The van der Waals surface area contributed by atoms with Crippen LogP contribution in [0.15, 0.2) is 0 Å². The van der Waals surface area contributed by atoms with Crippen molar-refractivity contribution in [3.63, 3.8) is 0 Å². The Hall–Kier alpha value is -0.240. The van der Waals surface area contributed by atoms with Gasteiger partial charge in [0.15, 0.2) is 0 Å². The van der Waals surface area contributed by atoms with E-state index in [-0.39, 0.29) is 24.7 Å². The highest BCUT2D eigenvalue weighted by Crippen LogP contribution is 2.41. The van der Waals surface area contributed by atoms with E-state index < -0.39 is 24.6 Å². The third kappa shape index (κ3) is 2.09. The molecular formula is C10H17O6-. The molecule has 94 valence electrons. The van der Waals surface area contributed by atoms with E-state index in [1.807, 2.05) is 0 Å². The maximum Gasteiger partial charge on any atom is 0.0914 e. The first kappa shape index (κ1) is 12.2. The largest absolute Gasteiger partial charge is 0.829 e. The van der Waals surface area contributed by atoms with Crippen molar-refractivity contribution in [3.8, 4) is 0 Å². The van der Waals surface area contributed by atoms with Crippen LogP contribution >= 0.6 is 0 Å². The molecule has 6 nitrogen and oxygen atoms in total. The quantitative estimate of drug-likeness (QED) is 0.501. The molecular weight excluding hydrogens is 216 g/mol. The third-order valence-corrected chi connectivity index (χ3v) is 3.21. The SMILES string of the molecule is CC(O)CO[C@H]1C[C@@H]2O[C@@H]([O-])[C@@H](O)[C@H](O)[C@@H]12. The van der Waals surface area contributed by atoms with Crippen molar-refractivity contribution in [2.45, 2.75) is 50.2 Å². The smallest absolute Gasteiger partial charge is 0.0914 e. The predicted molar refractivity (Wildman–Crippen MR) is 50.2 cm³/mol. The van der Waals surface area contributed by atoms with E-state index in [2.05, 4.69) is 0 Å². The van der Waals surface area contributed by atoms with Crippen LogP contribution in [0.5, 0.6) is 0 Å². The predicted octanol–water partition coefficient (Wildman–Crippen LogP) is -2.42. The van der Waals surface area contributed by atoms with E-state index in [1.165, 1.54) is 0 Å². The summed E-state index contributed by atoms with van der Waals surface area (Å²) in [5.41, 5.74) is 0. The first-order chi connectivity index (χ1) is 7.50. The molecule has 1 aliphatic heterocycles. The van der Waals surface area contributed by atoms with Crippen molar-refractivity contribution < 1.29 is 29.9 Å². The number of hydrogen-bond donors (Lipinski definition) is 3. The summed E-state index contributed by atoms with van der Waals surface area (Å²) in [6.07, 6.45) is -4.71. The zero-order valence-corrected chi connectivity index (χ0v) is 9.02. The van der Waals surface area contributed by atoms with E-state index in [0.717, 1.165) is 0 Å². The molecule has 0 bridgehead atoms. The van der Waals surface area contributed by atoms with Crippen molar-refractivity contribution in [3.05, 3.63) is 0 Å². The molecule has 16 heavy (non-hydrogen) atoms. The summed E-state index contributed by atoms with van der Waals surface area (Å²) in [6, 6.07) is 0. The van der Waals surface area contributed by atoms with Gasteiger partial charge >= 0.3 is 0 Å². The molecule has 0 aromatic rings. The zero-order chi connectivity index (χ0) is 11.9. The lowest BCUT2D eigenvalue weighted by Gasteiger charge is -2.55. The minimum Gasteiger partial charge on any atom is -0.829 e. The van der Waals surface area contributed by atoms with Gasteiger partial charge in [-0.3, -0.25) is 0 Å². The van der Waals surface area contributed by atoms with Crippen LogP contribution in [0.2, 0.25) is 0 Å². The summed E-state index contributed by atoms with van der Waals surface area (Å²) in [4.78, 5) is 0. The molecule has 2 rings (SSSR count). The van der Waals surface area contributed by atoms with E-state index in [1.54, 1.807) is 6.92 Å². The zero-order valence-electron chi connectivity index (χ0n) is 9.02. The monoisotopic (exact) mass is 233 g/mol. The van der Waals surface area contributed by atoms with Crippen LogP contribution in [-0.4, -0.2) is 58.7 Å². The molecule has 0 aromatic heterocycles. The molecule has 0 aromatic carbocycles. The summed E-state index contributed by atoms with van der Waals surface area (Å²) in [5.74, 6) is -0.362. The fourth-order valence-corrected chi connectivity index (χ4v) is 2.26. The van der Waals surface area contributed by atoms with E-state index in [4.69, 9.17) is 14.6 Å². The van der Waals surface area contributed by atoms with Crippen molar-refractivity contribution in [1.82, 2.24) is 0 Å². The Morgan fingerprint density at radius 2 is 2.12 bits per heavy atom. The minimum atomic E-state index is -1.58. The molecule has 3 N–H and O–H groups in total. The Kier molecular flexibility index (Phi) is 3.48. The van der Waals surface area contributed by atoms with Gasteiger partial charge in [-0.05, 0) is 6.92 Å². The Balaban J connectivity index is 1.89. The van der Waals surface area contributed by atoms with Gasteiger partial charge in [-0.2, -0.15) is 0 Å². The maximum atomic E-state index is 11.1. The average molecular weight is 233 g/mol. The molecule has 0 spiro atoms. The molecule has 1 unspecified atom stereocenters. The lowest BCUT2D eigenvalue weighted by Crippen LogP contribution is -2.67. The van der Waals surface area contributed by atoms with Crippen LogP contribution in [0, 0.1) is 5.92 Å². The van der Waals surface area contributed by atoms with Crippen molar-refractivity contribution >= 4 is 0 Å². The first-order valence-electron chi connectivity index (χ1n) is 5.47. The molecule has 7 atom stereocenters. The molecule has 1 saturated heterocycles. The molecule has 1 heterocycles. The fraction of sp³-hybridized carbons (Fsp3) is 1.00. The van der Waals surface area contributed by atoms with Crippen LogP contribution < -0.4 is 5.11 Å². The van der Waals surface area contributed by atoms with Crippen LogP contribution in [0.1, 0.15) is 13.3 Å². The molecule has 0 radical (unpaired) electrons. The molecule has 2 fully saturated rings. The lowest BCUT2D eigenvalue weighted by atomic mass is 9.71. The third-order valence-electron chi connectivity index (χ3n) is 3.21. The highest BCUT2D eigenvalue weighted by molar-refractivity contribution is 5.01. The van der Waals surface area contributed by atoms with Gasteiger partial charge in [-0.25, -0.2) is 0 Å². The number of aliphatic hydroxyl groups excluding tert-OH is 3. The van der Waals surface area contributed by atoms with Gasteiger partial charge < -0.3 is 29.9 Å². The number of aliphatic hydroxyl groups is 3. The molecule has 0 amide bonds. The van der Waals surface area contributed by atoms with Crippen LogP contribution in [0.25, 0.3) is 0 Å². The van der Waals surface area contributed by atoms with Gasteiger partial charge in [-0.15, -0.1) is 0 Å². The van der Waals surface area contributed by atoms with Gasteiger partial charge in [-0.1, -0.05) is 0 Å². The second-order valence-electron chi connectivity index (χ2n) is 4.56. The fourth-order valence-electron chi connectivity index (χ4n) is 2.26. The van der Waals surface area contributed by atoms with Gasteiger partial charge in [0, 0.05) is 18.6 Å². The highest BCUT2D eigenvalue weighted by Gasteiger charge is 2.52.